The van der Waals surface area contributed by atoms with Crippen LogP contribution in [-0.2, 0) is 0 Å². The zero-order valence-electron chi connectivity index (χ0n) is 5.31. The molecule has 2 rings (SSSR count). The number of aromatic nitrogens is 3. The van der Waals surface area contributed by atoms with E-state index < -0.39 is 0 Å². The van der Waals surface area contributed by atoms with Crippen molar-refractivity contribution < 1.29 is 0 Å². The molecule has 0 saturated heterocycles. The molecule has 0 radical (unpaired) electrons. The van der Waals surface area contributed by atoms with Gasteiger partial charge in [-0.05, 0) is 37.9 Å². The molecular formula is C6H3Br2N3. The number of pyridine rings is 1. The summed E-state index contributed by atoms with van der Waals surface area (Å²) in [4.78, 5) is 4.15. The maximum atomic E-state index is 4.15. The van der Waals surface area contributed by atoms with Gasteiger partial charge in [-0.3, -0.25) is 10.1 Å². The fourth-order valence-corrected chi connectivity index (χ4v) is 1.56. The number of hydrogen-bond donors (Lipinski definition) is 1. The lowest BCUT2D eigenvalue weighted by Crippen LogP contribution is -1.73. The van der Waals surface area contributed by atoms with Crippen molar-refractivity contribution >= 4 is 42.9 Å². The van der Waals surface area contributed by atoms with Gasteiger partial charge >= 0.3 is 0 Å². The first-order valence-electron chi connectivity index (χ1n) is 2.92. The lowest BCUT2D eigenvalue weighted by Gasteiger charge is -1.87. The minimum atomic E-state index is 0.819. The fourth-order valence-electron chi connectivity index (χ4n) is 0.845. The van der Waals surface area contributed by atoms with Gasteiger partial charge < -0.3 is 0 Å². The van der Waals surface area contributed by atoms with Crippen molar-refractivity contribution in [3.8, 4) is 0 Å². The summed E-state index contributed by atoms with van der Waals surface area (Å²) in [6.07, 6.45) is 1.74. The maximum Gasteiger partial charge on any atom is 0.127 e. The molecule has 0 aromatic carbocycles. The van der Waals surface area contributed by atoms with Crippen molar-refractivity contribution in [2.75, 3.05) is 0 Å². The van der Waals surface area contributed by atoms with E-state index in [0.717, 1.165) is 20.1 Å². The molecule has 0 saturated carbocycles. The second-order valence-electron chi connectivity index (χ2n) is 2.06. The molecule has 1 N–H and O–H groups in total. The summed E-state index contributed by atoms with van der Waals surface area (Å²) in [6.45, 7) is 0. The molecule has 0 fully saturated rings. The third-order valence-corrected chi connectivity index (χ3v) is 2.30. The minimum absolute atomic E-state index is 0.819. The summed E-state index contributed by atoms with van der Waals surface area (Å²) in [5.41, 5.74) is 1.71. The Morgan fingerprint density at radius 1 is 1.36 bits per heavy atom. The highest BCUT2D eigenvalue weighted by molar-refractivity contribution is 9.10. The van der Waals surface area contributed by atoms with Crippen molar-refractivity contribution in [2.24, 2.45) is 0 Å². The van der Waals surface area contributed by atoms with Gasteiger partial charge in [0.25, 0.3) is 0 Å². The SMILES string of the molecule is Brc1cnc2c(Br)[nH]nc2c1. The van der Waals surface area contributed by atoms with E-state index in [1.807, 2.05) is 6.07 Å². The summed E-state index contributed by atoms with van der Waals surface area (Å²) < 4.78 is 1.75. The normalized spacial score (nSPS) is 10.7. The van der Waals surface area contributed by atoms with Crippen LogP contribution in [0.4, 0.5) is 0 Å². The number of rotatable bonds is 0. The Morgan fingerprint density at radius 2 is 2.18 bits per heavy atom. The predicted molar refractivity (Wildman–Crippen MR) is 49.3 cm³/mol. The Balaban J connectivity index is 2.86. The topological polar surface area (TPSA) is 41.6 Å². The van der Waals surface area contributed by atoms with Crippen LogP contribution in [-0.4, -0.2) is 15.2 Å². The third-order valence-electron chi connectivity index (χ3n) is 1.32. The van der Waals surface area contributed by atoms with Crippen molar-refractivity contribution in [2.45, 2.75) is 0 Å². The first-order chi connectivity index (χ1) is 5.27. The van der Waals surface area contributed by atoms with Crippen LogP contribution in [0.25, 0.3) is 11.0 Å². The number of halogens is 2. The van der Waals surface area contributed by atoms with Crippen LogP contribution >= 0.6 is 31.9 Å². The number of nitrogens with zero attached hydrogens (tertiary/aromatic N) is 2. The van der Waals surface area contributed by atoms with E-state index in [4.69, 9.17) is 0 Å². The number of hydrogen-bond acceptors (Lipinski definition) is 2. The highest BCUT2D eigenvalue weighted by Gasteiger charge is 2.02. The summed E-state index contributed by atoms with van der Waals surface area (Å²) in [5, 5.41) is 6.80. The second kappa shape index (κ2) is 2.57. The standard InChI is InChI=1S/C6H3Br2N3/c7-3-1-4-5(9-2-3)6(8)11-10-4/h1-2H,(H,10,11). The van der Waals surface area contributed by atoms with Gasteiger partial charge in [0, 0.05) is 10.7 Å². The highest BCUT2D eigenvalue weighted by Crippen LogP contribution is 2.20. The average molecular weight is 277 g/mol. The van der Waals surface area contributed by atoms with Crippen LogP contribution in [0.5, 0.6) is 0 Å². The number of nitrogens with one attached hydrogen (secondary N) is 1. The second-order valence-corrected chi connectivity index (χ2v) is 3.77. The summed E-state index contributed by atoms with van der Waals surface area (Å²) in [7, 11) is 0. The molecular weight excluding hydrogens is 274 g/mol. The zero-order valence-corrected chi connectivity index (χ0v) is 8.48. The van der Waals surface area contributed by atoms with E-state index in [1.165, 1.54) is 0 Å². The average Bonchev–Trinajstić information content (AvgIpc) is 2.32. The molecule has 0 atom stereocenters. The van der Waals surface area contributed by atoms with E-state index in [-0.39, 0.29) is 0 Å². The molecule has 2 aromatic heterocycles. The lowest BCUT2D eigenvalue weighted by molar-refractivity contribution is 1.09. The van der Waals surface area contributed by atoms with Gasteiger partial charge in [-0.2, -0.15) is 5.10 Å². The van der Waals surface area contributed by atoms with Crippen LogP contribution in [0.2, 0.25) is 0 Å². The number of fused-ring (bicyclic) bond motifs is 1. The van der Waals surface area contributed by atoms with E-state index in [0.29, 0.717) is 0 Å². The van der Waals surface area contributed by atoms with Crippen molar-refractivity contribution in [1.82, 2.24) is 15.2 Å². The van der Waals surface area contributed by atoms with Gasteiger partial charge in [0.1, 0.15) is 15.6 Å². The van der Waals surface area contributed by atoms with Gasteiger partial charge in [-0.15, -0.1) is 0 Å². The predicted octanol–water partition coefficient (Wildman–Crippen LogP) is 2.48. The molecule has 0 amide bonds. The third kappa shape index (κ3) is 1.18. The van der Waals surface area contributed by atoms with Gasteiger partial charge in [-0.1, -0.05) is 0 Å². The summed E-state index contributed by atoms with van der Waals surface area (Å²) in [5.74, 6) is 0. The van der Waals surface area contributed by atoms with Crippen LogP contribution in [0.3, 0.4) is 0 Å². The Kier molecular flexibility index (Phi) is 1.69. The first kappa shape index (κ1) is 7.24. The molecule has 0 bridgehead atoms. The molecule has 0 spiro atoms. The molecule has 11 heavy (non-hydrogen) atoms. The molecule has 0 aliphatic carbocycles. The van der Waals surface area contributed by atoms with Crippen molar-refractivity contribution in [3.63, 3.8) is 0 Å². The van der Waals surface area contributed by atoms with Crippen LogP contribution in [0, 0.1) is 0 Å². The Hall–Kier alpha value is -0.420. The fraction of sp³-hybridized carbons (Fsp3) is 0. The Bertz CT molecular complexity index is 396. The van der Waals surface area contributed by atoms with E-state index in [1.54, 1.807) is 6.20 Å². The lowest BCUT2D eigenvalue weighted by atomic mass is 10.4. The van der Waals surface area contributed by atoms with Crippen LogP contribution in [0.1, 0.15) is 0 Å². The van der Waals surface area contributed by atoms with Crippen molar-refractivity contribution in [3.05, 3.63) is 21.3 Å². The van der Waals surface area contributed by atoms with Crippen molar-refractivity contribution in [1.29, 1.82) is 0 Å². The quantitative estimate of drug-likeness (QED) is 0.803. The van der Waals surface area contributed by atoms with Gasteiger partial charge in [-0.25, -0.2) is 0 Å². The number of H-pyrrole nitrogens is 1. The monoisotopic (exact) mass is 275 g/mol. The highest BCUT2D eigenvalue weighted by atomic mass is 79.9. The maximum absolute atomic E-state index is 4.15. The summed E-state index contributed by atoms with van der Waals surface area (Å²) >= 11 is 6.61. The minimum Gasteiger partial charge on any atom is -0.269 e. The molecule has 0 unspecified atom stereocenters. The van der Waals surface area contributed by atoms with Crippen LogP contribution < -0.4 is 0 Å². The van der Waals surface area contributed by atoms with Gasteiger partial charge in [0.2, 0.25) is 0 Å². The molecule has 0 aliphatic heterocycles. The Morgan fingerprint density at radius 3 is 3.00 bits per heavy atom. The Labute approximate surface area is 79.5 Å². The number of aromatic amines is 1. The van der Waals surface area contributed by atoms with Crippen LogP contribution in [0.15, 0.2) is 21.3 Å². The van der Waals surface area contributed by atoms with Gasteiger partial charge in [0.15, 0.2) is 0 Å². The van der Waals surface area contributed by atoms with E-state index >= 15 is 0 Å². The molecule has 3 nitrogen and oxygen atoms in total. The zero-order chi connectivity index (χ0) is 7.84. The smallest absolute Gasteiger partial charge is 0.127 e. The molecule has 56 valence electrons. The molecule has 2 aromatic rings. The largest absolute Gasteiger partial charge is 0.269 e. The molecule has 2 heterocycles. The molecule has 0 aliphatic rings. The first-order valence-corrected chi connectivity index (χ1v) is 4.51. The molecule has 5 heteroatoms. The van der Waals surface area contributed by atoms with E-state index in [2.05, 4.69) is 47.0 Å². The summed E-state index contributed by atoms with van der Waals surface area (Å²) in [6, 6.07) is 1.91. The van der Waals surface area contributed by atoms with Gasteiger partial charge in [0.05, 0.1) is 0 Å². The van der Waals surface area contributed by atoms with E-state index in [9.17, 15) is 0 Å².